The second-order valence-corrected chi connectivity index (χ2v) is 10.3. The molecule has 2 atom stereocenters. The van der Waals surface area contributed by atoms with E-state index in [4.69, 9.17) is 28.0 Å². The van der Waals surface area contributed by atoms with Crippen molar-refractivity contribution in [1.29, 1.82) is 0 Å². The summed E-state index contributed by atoms with van der Waals surface area (Å²) in [6.07, 6.45) is -5.40. The Morgan fingerprint density at radius 3 is 2.39 bits per heavy atom. The molecule has 0 spiro atoms. The molecule has 0 bridgehead atoms. The molecule has 178 valence electrons. The lowest BCUT2D eigenvalue weighted by Gasteiger charge is -2.29. The Hall–Kier alpha value is -2.10. The summed E-state index contributed by atoms with van der Waals surface area (Å²) in [5, 5.41) is 3.80. The first-order valence-corrected chi connectivity index (χ1v) is 12.0. The number of alkyl halides is 3. The van der Waals surface area contributed by atoms with Crippen molar-refractivity contribution in [3.63, 3.8) is 0 Å². The first-order valence-electron chi connectivity index (χ1n) is 9.91. The van der Waals surface area contributed by atoms with E-state index in [0.717, 1.165) is 12.1 Å². The van der Waals surface area contributed by atoms with Gasteiger partial charge < -0.3 is 4.84 Å². The molecule has 1 aliphatic heterocycles. The predicted octanol–water partition coefficient (Wildman–Crippen LogP) is 5.93. The maximum absolute atomic E-state index is 14.1. The quantitative estimate of drug-likeness (QED) is 0.512. The minimum atomic E-state index is -4.80. The van der Waals surface area contributed by atoms with E-state index in [1.165, 1.54) is 18.2 Å². The molecule has 11 heteroatoms. The van der Waals surface area contributed by atoms with Crippen LogP contribution in [0.1, 0.15) is 47.3 Å². The van der Waals surface area contributed by atoms with Crippen LogP contribution in [0.2, 0.25) is 10.0 Å². The summed E-state index contributed by atoms with van der Waals surface area (Å²) >= 11 is 11.8. The van der Waals surface area contributed by atoms with Gasteiger partial charge in [-0.15, -0.1) is 0 Å². The number of nitrogens with one attached hydrogen (secondary N) is 1. The number of benzene rings is 2. The Morgan fingerprint density at radius 2 is 1.85 bits per heavy atom. The highest BCUT2D eigenvalue weighted by Gasteiger charge is 2.62. The molecule has 0 fully saturated rings. The molecule has 0 aliphatic carbocycles. The Kier molecular flexibility index (Phi) is 7.45. The number of hydrogen-bond donors (Lipinski definition) is 1. The molecule has 3 rings (SSSR count). The van der Waals surface area contributed by atoms with Gasteiger partial charge in [0.1, 0.15) is 11.0 Å². The maximum atomic E-state index is 14.1. The van der Waals surface area contributed by atoms with Gasteiger partial charge in [0.05, 0.1) is 5.71 Å². The van der Waals surface area contributed by atoms with E-state index < -0.39 is 35.1 Å². The van der Waals surface area contributed by atoms with E-state index >= 15 is 0 Å². The zero-order valence-corrected chi connectivity index (χ0v) is 20.3. The van der Waals surface area contributed by atoms with Gasteiger partial charge in [-0.05, 0) is 54.3 Å². The van der Waals surface area contributed by atoms with Crippen molar-refractivity contribution in [2.75, 3.05) is 5.75 Å². The van der Waals surface area contributed by atoms with E-state index in [1.54, 1.807) is 13.0 Å². The minimum Gasteiger partial charge on any atom is -0.374 e. The van der Waals surface area contributed by atoms with Crippen LogP contribution < -0.4 is 4.72 Å². The Morgan fingerprint density at radius 1 is 1.21 bits per heavy atom. The second-order valence-electron chi connectivity index (χ2n) is 8.16. The minimum absolute atomic E-state index is 0.0410. The number of aryl methyl sites for hydroxylation is 1. The van der Waals surface area contributed by atoms with Crippen LogP contribution in [0.4, 0.5) is 13.2 Å². The molecular weight excluding hydrogens is 500 g/mol. The summed E-state index contributed by atoms with van der Waals surface area (Å²) in [5.74, 6) is -0.0801. The van der Waals surface area contributed by atoms with Crippen molar-refractivity contribution >= 4 is 45.8 Å². The van der Waals surface area contributed by atoms with Crippen molar-refractivity contribution in [2.24, 2.45) is 11.1 Å². The smallest absolute Gasteiger partial charge is 0.374 e. The third-order valence-corrected chi connectivity index (χ3v) is 6.83. The molecule has 0 aromatic heterocycles. The van der Waals surface area contributed by atoms with Gasteiger partial charge in [-0.3, -0.25) is 9.52 Å². The molecule has 2 aromatic carbocycles. The molecule has 0 radical (unpaired) electrons. The van der Waals surface area contributed by atoms with Gasteiger partial charge in [-0.2, -0.15) is 13.2 Å². The van der Waals surface area contributed by atoms with E-state index in [2.05, 4.69) is 9.88 Å². The van der Waals surface area contributed by atoms with Crippen molar-refractivity contribution < 1.29 is 27.0 Å². The largest absolute Gasteiger partial charge is 0.435 e. The predicted molar refractivity (Wildman–Crippen MR) is 123 cm³/mol. The van der Waals surface area contributed by atoms with Gasteiger partial charge in [0.2, 0.25) is 0 Å². The van der Waals surface area contributed by atoms with Gasteiger partial charge in [-0.25, -0.2) is 4.21 Å². The van der Waals surface area contributed by atoms with Gasteiger partial charge >= 0.3 is 6.18 Å². The maximum Gasteiger partial charge on any atom is 0.435 e. The lowest BCUT2D eigenvalue weighted by molar-refractivity contribution is -0.275. The van der Waals surface area contributed by atoms with E-state index in [-0.39, 0.29) is 32.8 Å². The zero-order valence-electron chi connectivity index (χ0n) is 17.9. The molecule has 1 N–H and O–H groups in total. The summed E-state index contributed by atoms with van der Waals surface area (Å²) in [4.78, 5) is 17.4. The van der Waals surface area contributed by atoms with Crippen LogP contribution in [0, 0.1) is 12.8 Å². The van der Waals surface area contributed by atoms with Crippen molar-refractivity contribution in [1.82, 2.24) is 4.72 Å². The molecule has 5 nitrogen and oxygen atoms in total. The van der Waals surface area contributed by atoms with Gasteiger partial charge in [0.15, 0.2) is 0 Å². The average molecular weight is 521 g/mol. The summed E-state index contributed by atoms with van der Waals surface area (Å²) in [6.45, 7) is 5.40. The first kappa shape index (κ1) is 25.5. The monoisotopic (exact) mass is 520 g/mol. The molecule has 1 aliphatic rings. The van der Waals surface area contributed by atoms with Gasteiger partial charge in [0.25, 0.3) is 11.5 Å². The molecule has 0 saturated carbocycles. The van der Waals surface area contributed by atoms with Crippen molar-refractivity contribution in [2.45, 2.75) is 39.0 Å². The topological polar surface area (TPSA) is 67.8 Å². The van der Waals surface area contributed by atoms with Crippen LogP contribution >= 0.6 is 23.2 Å². The van der Waals surface area contributed by atoms with Crippen molar-refractivity contribution in [3.05, 3.63) is 68.7 Å². The zero-order chi connectivity index (χ0) is 24.6. The van der Waals surface area contributed by atoms with Crippen LogP contribution in [0.5, 0.6) is 0 Å². The van der Waals surface area contributed by atoms with E-state index in [0.29, 0.717) is 16.9 Å². The second kappa shape index (κ2) is 9.64. The van der Waals surface area contributed by atoms with Crippen LogP contribution in [0.3, 0.4) is 0 Å². The molecule has 2 unspecified atom stereocenters. The molecule has 33 heavy (non-hydrogen) atoms. The number of amides is 1. The lowest BCUT2D eigenvalue weighted by Crippen LogP contribution is -2.42. The standard InChI is InChI=1S/C22H21Cl2F3N2O3S/c1-12(2)11-33(31)29-20(30)18-5-4-14(6-13(18)3)19-10-21(32-28-19,22(25,26)27)15-7-16(23)9-17(24)8-15/h4-9,12H,10-11H2,1-3H3,(H,29,30). The van der Waals surface area contributed by atoms with E-state index in [9.17, 15) is 22.2 Å². The summed E-state index contributed by atoms with van der Waals surface area (Å²) < 4.78 is 56.9. The fourth-order valence-electron chi connectivity index (χ4n) is 3.45. The first-order chi connectivity index (χ1) is 15.3. The summed E-state index contributed by atoms with van der Waals surface area (Å²) in [7, 11) is -1.53. The molecule has 1 amide bonds. The highest BCUT2D eigenvalue weighted by atomic mass is 35.5. The van der Waals surface area contributed by atoms with Gasteiger partial charge in [0, 0.05) is 33.3 Å². The third-order valence-electron chi connectivity index (χ3n) is 5.01. The fraction of sp³-hybridized carbons (Fsp3) is 0.364. The number of halogens is 5. The number of rotatable bonds is 6. The molecule has 0 saturated heterocycles. The summed E-state index contributed by atoms with van der Waals surface area (Å²) in [6, 6.07) is 8.10. The Bertz CT molecular complexity index is 1120. The number of carbonyl (C=O) groups excluding carboxylic acids is 1. The highest BCUT2D eigenvalue weighted by Crippen LogP contribution is 2.49. The van der Waals surface area contributed by atoms with Crippen LogP contribution in [-0.4, -0.2) is 27.8 Å². The number of nitrogens with zero attached hydrogens (tertiary/aromatic N) is 1. The number of carbonyl (C=O) groups is 1. The SMILES string of the molecule is Cc1cc(C2=NOC(c3cc(Cl)cc(Cl)c3)(C(F)(F)F)C2)ccc1C(=O)NS(=O)CC(C)C. The molecule has 1 heterocycles. The van der Waals surface area contributed by atoms with Gasteiger partial charge in [-0.1, -0.05) is 48.3 Å². The lowest BCUT2D eigenvalue weighted by atomic mass is 9.86. The molecule has 2 aromatic rings. The Labute approximate surface area is 201 Å². The average Bonchev–Trinajstić information content (AvgIpc) is 3.13. The van der Waals surface area contributed by atoms with Crippen LogP contribution in [0.25, 0.3) is 0 Å². The van der Waals surface area contributed by atoms with Crippen LogP contribution in [0.15, 0.2) is 41.6 Å². The molecular formula is C22H21Cl2F3N2O3S. The van der Waals surface area contributed by atoms with Crippen LogP contribution in [-0.2, 0) is 21.4 Å². The number of oxime groups is 1. The summed E-state index contributed by atoms with van der Waals surface area (Å²) in [5.41, 5.74) is -1.82. The van der Waals surface area contributed by atoms with Crippen molar-refractivity contribution in [3.8, 4) is 0 Å². The Balaban J connectivity index is 1.87. The fourth-order valence-corrected chi connectivity index (χ4v) is 4.98. The number of hydrogen-bond acceptors (Lipinski definition) is 4. The third kappa shape index (κ3) is 5.53. The highest BCUT2D eigenvalue weighted by molar-refractivity contribution is 7.83. The normalized spacial score (nSPS) is 19.2. The van der Waals surface area contributed by atoms with E-state index in [1.807, 2.05) is 13.8 Å².